The Kier molecular flexibility index (Phi) is 4.69. The molecule has 0 aliphatic carbocycles. The van der Waals surface area contributed by atoms with Crippen molar-refractivity contribution in [2.75, 3.05) is 7.05 Å². The van der Waals surface area contributed by atoms with E-state index in [4.69, 9.17) is 0 Å². The Morgan fingerprint density at radius 1 is 1.33 bits per heavy atom. The third kappa shape index (κ3) is 2.99. The Labute approximate surface area is 92.3 Å². The van der Waals surface area contributed by atoms with Crippen LogP contribution in [-0.4, -0.2) is 23.1 Å². The van der Waals surface area contributed by atoms with Crippen LogP contribution in [0.3, 0.4) is 0 Å². The molecule has 2 unspecified atom stereocenters. The minimum atomic E-state index is 0.453. The van der Waals surface area contributed by atoms with Gasteiger partial charge in [-0.2, -0.15) is 0 Å². The predicted molar refractivity (Wildman–Crippen MR) is 63.0 cm³/mol. The molecular formula is C12H21N3. The van der Waals surface area contributed by atoms with Gasteiger partial charge in [-0.1, -0.05) is 13.8 Å². The van der Waals surface area contributed by atoms with Crippen LogP contribution in [0.1, 0.15) is 44.5 Å². The zero-order chi connectivity index (χ0) is 11.3. The first-order valence-corrected chi connectivity index (χ1v) is 5.71. The van der Waals surface area contributed by atoms with Gasteiger partial charge in [0.2, 0.25) is 0 Å². The number of rotatable bonds is 5. The van der Waals surface area contributed by atoms with Gasteiger partial charge in [-0.3, -0.25) is 0 Å². The Morgan fingerprint density at radius 2 is 2.07 bits per heavy atom. The number of nitrogens with one attached hydrogen (secondary N) is 1. The summed E-state index contributed by atoms with van der Waals surface area (Å²) < 4.78 is 0. The van der Waals surface area contributed by atoms with E-state index in [1.54, 1.807) is 6.33 Å². The zero-order valence-electron chi connectivity index (χ0n) is 10.1. The maximum absolute atomic E-state index is 4.38. The number of hydrogen-bond donors (Lipinski definition) is 1. The van der Waals surface area contributed by atoms with E-state index in [2.05, 4.69) is 42.1 Å². The highest BCUT2D eigenvalue weighted by atomic mass is 14.9. The highest BCUT2D eigenvalue weighted by Gasteiger charge is 2.17. The first kappa shape index (κ1) is 12.1. The lowest BCUT2D eigenvalue weighted by Gasteiger charge is -2.21. The van der Waals surface area contributed by atoms with E-state index < -0.39 is 0 Å². The van der Waals surface area contributed by atoms with E-state index >= 15 is 0 Å². The van der Waals surface area contributed by atoms with Gasteiger partial charge in [0.05, 0.1) is 0 Å². The van der Waals surface area contributed by atoms with Crippen LogP contribution in [0.25, 0.3) is 0 Å². The van der Waals surface area contributed by atoms with Gasteiger partial charge in [0.15, 0.2) is 0 Å². The van der Waals surface area contributed by atoms with Crippen molar-refractivity contribution < 1.29 is 0 Å². The molecule has 3 heteroatoms. The van der Waals surface area contributed by atoms with Crippen LogP contribution in [0.15, 0.2) is 12.4 Å². The minimum Gasteiger partial charge on any atom is -0.317 e. The maximum Gasteiger partial charge on any atom is 0.115 e. The molecule has 1 aromatic rings. The van der Waals surface area contributed by atoms with E-state index in [0.717, 1.165) is 24.2 Å². The van der Waals surface area contributed by atoms with E-state index in [0.29, 0.717) is 12.0 Å². The van der Waals surface area contributed by atoms with Crippen molar-refractivity contribution in [2.45, 2.75) is 45.6 Å². The SMILES string of the molecule is CCc1cc(C(CC)C(C)NC)ncn1. The Balaban J connectivity index is 2.91. The normalized spacial score (nSPS) is 14.9. The van der Waals surface area contributed by atoms with E-state index in [1.165, 1.54) is 0 Å². The lowest BCUT2D eigenvalue weighted by atomic mass is 9.94. The van der Waals surface area contributed by atoms with Crippen LogP contribution in [-0.2, 0) is 6.42 Å². The molecule has 0 aromatic carbocycles. The van der Waals surface area contributed by atoms with Crippen LogP contribution in [0.2, 0.25) is 0 Å². The molecule has 0 aliphatic rings. The fourth-order valence-corrected chi connectivity index (χ4v) is 1.83. The topological polar surface area (TPSA) is 37.8 Å². The van der Waals surface area contributed by atoms with Crippen molar-refractivity contribution in [1.82, 2.24) is 15.3 Å². The van der Waals surface area contributed by atoms with Crippen molar-refractivity contribution in [2.24, 2.45) is 0 Å². The van der Waals surface area contributed by atoms with Crippen molar-refractivity contribution in [1.29, 1.82) is 0 Å². The molecule has 1 N–H and O–H groups in total. The Hall–Kier alpha value is -0.960. The second-order valence-corrected chi connectivity index (χ2v) is 3.88. The average Bonchev–Trinajstić information content (AvgIpc) is 2.30. The summed E-state index contributed by atoms with van der Waals surface area (Å²) in [6.07, 6.45) is 3.75. The number of likely N-dealkylation sites (N-methyl/N-ethyl adjacent to an activating group) is 1. The number of aryl methyl sites for hydroxylation is 1. The fourth-order valence-electron chi connectivity index (χ4n) is 1.83. The molecule has 1 heterocycles. The van der Waals surface area contributed by atoms with Gasteiger partial charge in [0.1, 0.15) is 6.33 Å². The Bertz CT molecular complexity index is 299. The minimum absolute atomic E-state index is 0.453. The van der Waals surface area contributed by atoms with Gasteiger partial charge in [0, 0.05) is 23.3 Å². The molecule has 2 atom stereocenters. The summed E-state index contributed by atoms with van der Waals surface area (Å²) in [6.45, 7) is 6.52. The van der Waals surface area contributed by atoms with E-state index in [1.807, 2.05) is 7.05 Å². The van der Waals surface area contributed by atoms with Crippen LogP contribution in [0.4, 0.5) is 0 Å². The molecule has 0 radical (unpaired) electrons. The molecule has 0 spiro atoms. The second kappa shape index (κ2) is 5.81. The molecule has 15 heavy (non-hydrogen) atoms. The predicted octanol–water partition coefficient (Wildman–Crippen LogP) is 2.14. The molecule has 1 rings (SSSR count). The standard InChI is InChI=1S/C12H21N3/c1-5-10-7-12(15-8-14-10)11(6-2)9(3)13-4/h7-9,11,13H,5-6H2,1-4H3. The van der Waals surface area contributed by atoms with Crippen LogP contribution < -0.4 is 5.32 Å². The first-order valence-electron chi connectivity index (χ1n) is 5.71. The summed E-state index contributed by atoms with van der Waals surface area (Å²) in [6, 6.07) is 2.58. The largest absolute Gasteiger partial charge is 0.317 e. The monoisotopic (exact) mass is 207 g/mol. The molecule has 0 amide bonds. The van der Waals surface area contributed by atoms with Gasteiger partial charge in [0.25, 0.3) is 0 Å². The van der Waals surface area contributed by atoms with Gasteiger partial charge >= 0.3 is 0 Å². The quantitative estimate of drug-likeness (QED) is 0.804. The van der Waals surface area contributed by atoms with Crippen molar-refractivity contribution in [3.8, 4) is 0 Å². The van der Waals surface area contributed by atoms with Crippen LogP contribution in [0, 0.1) is 0 Å². The summed E-state index contributed by atoms with van der Waals surface area (Å²) >= 11 is 0. The lowest BCUT2D eigenvalue weighted by molar-refractivity contribution is 0.473. The number of nitrogens with zero attached hydrogens (tertiary/aromatic N) is 2. The van der Waals surface area contributed by atoms with Crippen LogP contribution in [0.5, 0.6) is 0 Å². The summed E-state index contributed by atoms with van der Waals surface area (Å²) in [7, 11) is 2.00. The van der Waals surface area contributed by atoms with Gasteiger partial charge in [-0.05, 0) is 32.9 Å². The maximum atomic E-state index is 4.38. The third-order valence-corrected chi connectivity index (χ3v) is 2.99. The first-order chi connectivity index (χ1) is 7.22. The molecule has 1 aromatic heterocycles. The van der Waals surface area contributed by atoms with Crippen molar-refractivity contribution in [3.05, 3.63) is 23.8 Å². The van der Waals surface area contributed by atoms with Crippen LogP contribution >= 0.6 is 0 Å². The smallest absolute Gasteiger partial charge is 0.115 e. The van der Waals surface area contributed by atoms with E-state index in [-0.39, 0.29) is 0 Å². The molecule has 0 fully saturated rings. The molecule has 84 valence electrons. The summed E-state index contributed by atoms with van der Waals surface area (Å²) in [5, 5.41) is 3.29. The van der Waals surface area contributed by atoms with Gasteiger partial charge < -0.3 is 5.32 Å². The number of hydrogen-bond acceptors (Lipinski definition) is 3. The summed E-state index contributed by atoms with van der Waals surface area (Å²) in [5.41, 5.74) is 2.29. The van der Waals surface area contributed by atoms with Crippen molar-refractivity contribution >= 4 is 0 Å². The molecule has 0 saturated heterocycles. The van der Waals surface area contributed by atoms with E-state index in [9.17, 15) is 0 Å². The lowest BCUT2D eigenvalue weighted by Crippen LogP contribution is -2.29. The number of aromatic nitrogens is 2. The highest BCUT2D eigenvalue weighted by Crippen LogP contribution is 2.21. The Morgan fingerprint density at radius 3 is 2.60 bits per heavy atom. The molecular weight excluding hydrogens is 186 g/mol. The third-order valence-electron chi connectivity index (χ3n) is 2.99. The molecule has 0 saturated carbocycles. The average molecular weight is 207 g/mol. The van der Waals surface area contributed by atoms with Gasteiger partial charge in [-0.25, -0.2) is 9.97 Å². The molecule has 3 nitrogen and oxygen atoms in total. The second-order valence-electron chi connectivity index (χ2n) is 3.88. The zero-order valence-corrected chi connectivity index (χ0v) is 10.1. The summed E-state index contributed by atoms with van der Waals surface area (Å²) in [5.74, 6) is 0.475. The summed E-state index contributed by atoms with van der Waals surface area (Å²) in [4.78, 5) is 8.60. The van der Waals surface area contributed by atoms with Crippen molar-refractivity contribution in [3.63, 3.8) is 0 Å². The highest BCUT2D eigenvalue weighted by molar-refractivity contribution is 5.14. The molecule has 0 bridgehead atoms. The fraction of sp³-hybridized carbons (Fsp3) is 0.667. The van der Waals surface area contributed by atoms with Gasteiger partial charge in [-0.15, -0.1) is 0 Å². The molecule has 0 aliphatic heterocycles.